The van der Waals surface area contributed by atoms with E-state index in [0.717, 1.165) is 4.47 Å². The van der Waals surface area contributed by atoms with E-state index in [1.54, 1.807) is 0 Å². The second-order valence-corrected chi connectivity index (χ2v) is 8.09. The average Bonchev–Trinajstić information content (AvgIpc) is 3.09. The van der Waals surface area contributed by atoms with Crippen LogP contribution in [-0.4, -0.2) is 4.57 Å². The van der Waals surface area contributed by atoms with Crippen molar-refractivity contribution in [2.75, 3.05) is 0 Å². The van der Waals surface area contributed by atoms with Crippen molar-refractivity contribution in [3.63, 3.8) is 0 Å². The van der Waals surface area contributed by atoms with Crippen LogP contribution in [0.3, 0.4) is 0 Å². The molecule has 5 aromatic carbocycles. The highest BCUT2D eigenvalue weighted by molar-refractivity contribution is 9.10. The standard InChI is InChI=1S/C26H16BrN/c27-19-11-13-20(14-12-19)28-23-15-9-17-5-1-3-7-21(17)25(23)26-22-8-4-2-6-18(22)10-16-24(26)28/h1-16H. The van der Waals surface area contributed by atoms with Crippen molar-refractivity contribution in [2.24, 2.45) is 0 Å². The first kappa shape index (κ1) is 15.9. The van der Waals surface area contributed by atoms with Crippen molar-refractivity contribution in [3.05, 3.63) is 102 Å². The topological polar surface area (TPSA) is 4.93 Å². The average molecular weight is 422 g/mol. The second-order valence-electron chi connectivity index (χ2n) is 7.17. The Morgan fingerprint density at radius 2 is 1.00 bits per heavy atom. The van der Waals surface area contributed by atoms with Crippen LogP contribution in [0.5, 0.6) is 0 Å². The lowest BCUT2D eigenvalue weighted by Crippen LogP contribution is -1.93. The number of hydrogen-bond donors (Lipinski definition) is 0. The lowest BCUT2D eigenvalue weighted by molar-refractivity contribution is 1.18. The first-order chi connectivity index (χ1) is 13.8. The van der Waals surface area contributed by atoms with Gasteiger partial charge in [0, 0.05) is 20.9 Å². The molecular formula is C26H16BrN. The van der Waals surface area contributed by atoms with Gasteiger partial charge in [0.2, 0.25) is 0 Å². The molecular weight excluding hydrogens is 406 g/mol. The highest BCUT2D eigenvalue weighted by Crippen LogP contribution is 2.40. The first-order valence-corrected chi connectivity index (χ1v) is 10.2. The summed E-state index contributed by atoms with van der Waals surface area (Å²) in [6.45, 7) is 0. The Hall–Kier alpha value is -3.10. The summed E-state index contributed by atoms with van der Waals surface area (Å²) in [5, 5.41) is 7.81. The molecule has 6 rings (SSSR count). The van der Waals surface area contributed by atoms with Crippen molar-refractivity contribution in [2.45, 2.75) is 0 Å². The number of nitrogens with zero attached hydrogens (tertiary/aromatic N) is 1. The maximum atomic E-state index is 3.56. The first-order valence-electron chi connectivity index (χ1n) is 9.41. The number of fused-ring (bicyclic) bond motifs is 7. The van der Waals surface area contributed by atoms with Gasteiger partial charge < -0.3 is 4.57 Å². The van der Waals surface area contributed by atoms with Crippen LogP contribution in [0.15, 0.2) is 102 Å². The fourth-order valence-corrected chi connectivity index (χ4v) is 4.68. The molecule has 0 spiro atoms. The van der Waals surface area contributed by atoms with E-state index in [4.69, 9.17) is 0 Å². The minimum atomic E-state index is 1.09. The van der Waals surface area contributed by atoms with E-state index in [9.17, 15) is 0 Å². The van der Waals surface area contributed by atoms with Gasteiger partial charge in [-0.05, 0) is 57.9 Å². The molecule has 2 heteroatoms. The molecule has 0 amide bonds. The molecule has 0 saturated carbocycles. The largest absolute Gasteiger partial charge is 0.309 e. The number of aromatic nitrogens is 1. The third kappa shape index (κ3) is 2.18. The molecule has 1 nitrogen and oxygen atoms in total. The maximum absolute atomic E-state index is 3.56. The zero-order chi connectivity index (χ0) is 18.7. The van der Waals surface area contributed by atoms with Gasteiger partial charge in [0.25, 0.3) is 0 Å². The van der Waals surface area contributed by atoms with E-state index in [0.29, 0.717) is 0 Å². The Morgan fingerprint density at radius 1 is 0.500 bits per heavy atom. The molecule has 6 aromatic rings. The lowest BCUT2D eigenvalue weighted by Gasteiger charge is -2.08. The summed E-state index contributed by atoms with van der Waals surface area (Å²) < 4.78 is 3.48. The highest BCUT2D eigenvalue weighted by atomic mass is 79.9. The van der Waals surface area contributed by atoms with Crippen LogP contribution in [-0.2, 0) is 0 Å². The Labute approximate surface area is 171 Å². The second kappa shape index (κ2) is 5.95. The predicted molar refractivity (Wildman–Crippen MR) is 123 cm³/mol. The molecule has 0 N–H and O–H groups in total. The third-order valence-electron chi connectivity index (χ3n) is 5.63. The monoisotopic (exact) mass is 421 g/mol. The molecule has 1 heterocycles. The van der Waals surface area contributed by atoms with Gasteiger partial charge in [-0.1, -0.05) is 76.6 Å². The SMILES string of the molecule is Brc1ccc(-n2c3ccc4ccccc4c3c3c4ccccc4ccc32)cc1. The minimum absolute atomic E-state index is 1.09. The van der Waals surface area contributed by atoms with Crippen molar-refractivity contribution < 1.29 is 0 Å². The number of hydrogen-bond acceptors (Lipinski definition) is 0. The smallest absolute Gasteiger partial charge is 0.0547 e. The molecule has 0 fully saturated rings. The quantitative estimate of drug-likeness (QED) is 0.254. The van der Waals surface area contributed by atoms with Gasteiger partial charge in [-0.15, -0.1) is 0 Å². The lowest BCUT2D eigenvalue weighted by atomic mass is 10.00. The molecule has 0 aliphatic carbocycles. The highest BCUT2D eigenvalue weighted by Gasteiger charge is 2.16. The summed E-state index contributed by atoms with van der Waals surface area (Å²) >= 11 is 3.56. The maximum Gasteiger partial charge on any atom is 0.0547 e. The fourth-order valence-electron chi connectivity index (χ4n) is 4.42. The van der Waals surface area contributed by atoms with E-state index < -0.39 is 0 Å². The fraction of sp³-hybridized carbons (Fsp3) is 0. The van der Waals surface area contributed by atoms with E-state index in [1.807, 2.05) is 0 Å². The zero-order valence-corrected chi connectivity index (χ0v) is 16.6. The summed E-state index contributed by atoms with van der Waals surface area (Å²) in [6.07, 6.45) is 0. The van der Waals surface area contributed by atoms with E-state index in [-0.39, 0.29) is 0 Å². The zero-order valence-electron chi connectivity index (χ0n) is 15.1. The van der Waals surface area contributed by atoms with Crippen molar-refractivity contribution >= 4 is 59.3 Å². The molecule has 28 heavy (non-hydrogen) atoms. The number of halogens is 1. The summed E-state index contributed by atoms with van der Waals surface area (Å²) in [7, 11) is 0. The van der Waals surface area contributed by atoms with Crippen LogP contribution in [0.4, 0.5) is 0 Å². The molecule has 0 aliphatic rings. The molecule has 0 saturated heterocycles. The van der Waals surface area contributed by atoms with E-state index in [2.05, 4.69) is 118 Å². The molecule has 0 unspecified atom stereocenters. The van der Waals surface area contributed by atoms with Gasteiger partial charge in [-0.25, -0.2) is 0 Å². The van der Waals surface area contributed by atoms with E-state index in [1.165, 1.54) is 49.0 Å². The minimum Gasteiger partial charge on any atom is -0.309 e. The normalized spacial score (nSPS) is 11.8. The summed E-state index contributed by atoms with van der Waals surface area (Å²) in [5.41, 5.74) is 3.66. The molecule has 0 radical (unpaired) electrons. The van der Waals surface area contributed by atoms with Crippen molar-refractivity contribution in [1.29, 1.82) is 0 Å². The van der Waals surface area contributed by atoms with Crippen molar-refractivity contribution in [3.8, 4) is 5.69 Å². The number of rotatable bonds is 1. The van der Waals surface area contributed by atoms with Gasteiger partial charge in [0.05, 0.1) is 11.0 Å². The Morgan fingerprint density at radius 3 is 1.54 bits per heavy atom. The Balaban J connectivity index is 1.92. The predicted octanol–water partition coefficient (Wildman–Crippen LogP) is 7.85. The van der Waals surface area contributed by atoms with Crippen LogP contribution < -0.4 is 0 Å². The van der Waals surface area contributed by atoms with Gasteiger partial charge in [-0.2, -0.15) is 0 Å². The van der Waals surface area contributed by atoms with Crippen LogP contribution >= 0.6 is 15.9 Å². The number of benzene rings is 5. The van der Waals surface area contributed by atoms with Crippen LogP contribution in [0.2, 0.25) is 0 Å². The van der Waals surface area contributed by atoms with Gasteiger partial charge in [-0.3, -0.25) is 0 Å². The van der Waals surface area contributed by atoms with Crippen LogP contribution in [0.25, 0.3) is 49.0 Å². The molecule has 0 bridgehead atoms. The summed E-state index contributed by atoms with van der Waals surface area (Å²) in [6, 6.07) is 34.9. The van der Waals surface area contributed by atoms with Gasteiger partial charge in [0.1, 0.15) is 0 Å². The molecule has 0 aliphatic heterocycles. The summed E-state index contributed by atoms with van der Waals surface area (Å²) in [5.74, 6) is 0. The van der Waals surface area contributed by atoms with Crippen LogP contribution in [0.1, 0.15) is 0 Å². The van der Waals surface area contributed by atoms with E-state index >= 15 is 0 Å². The van der Waals surface area contributed by atoms with Gasteiger partial charge >= 0.3 is 0 Å². The molecule has 1 aromatic heterocycles. The Bertz CT molecular complexity index is 1410. The Kier molecular flexibility index (Phi) is 3.38. The molecule has 0 atom stereocenters. The summed E-state index contributed by atoms with van der Waals surface area (Å²) in [4.78, 5) is 0. The molecule has 132 valence electrons. The van der Waals surface area contributed by atoms with Gasteiger partial charge in [0.15, 0.2) is 0 Å². The van der Waals surface area contributed by atoms with Crippen molar-refractivity contribution in [1.82, 2.24) is 4.57 Å². The third-order valence-corrected chi connectivity index (χ3v) is 6.16. The van der Waals surface area contributed by atoms with Crippen LogP contribution in [0, 0.1) is 0 Å².